The molecule has 3 heteroatoms. The van der Waals surface area contributed by atoms with Gasteiger partial charge in [0.25, 0.3) is 0 Å². The lowest BCUT2D eigenvalue weighted by molar-refractivity contribution is 0.130. The molecule has 1 aliphatic rings. The SMILES string of the molecule is CCCC1CCCCN1Cc1cc(C(C)N)ccc1OC. The molecule has 0 amide bonds. The molecule has 2 N–H and O–H groups in total. The highest BCUT2D eigenvalue weighted by Crippen LogP contribution is 2.28. The number of hydrogen-bond acceptors (Lipinski definition) is 3. The molecule has 2 atom stereocenters. The molecule has 1 heterocycles. The zero-order valence-corrected chi connectivity index (χ0v) is 13.8. The number of benzene rings is 1. The molecule has 1 saturated heterocycles. The molecule has 1 aromatic carbocycles. The Labute approximate surface area is 129 Å². The zero-order chi connectivity index (χ0) is 15.2. The van der Waals surface area contributed by atoms with Crippen LogP contribution in [0.3, 0.4) is 0 Å². The quantitative estimate of drug-likeness (QED) is 0.864. The van der Waals surface area contributed by atoms with Crippen molar-refractivity contribution < 1.29 is 4.74 Å². The second-order valence-corrected chi connectivity index (χ2v) is 6.27. The lowest BCUT2D eigenvalue weighted by Crippen LogP contribution is -2.38. The fourth-order valence-electron chi connectivity index (χ4n) is 3.35. The average Bonchev–Trinajstić information content (AvgIpc) is 2.49. The first-order valence-corrected chi connectivity index (χ1v) is 8.32. The van der Waals surface area contributed by atoms with Gasteiger partial charge in [0.05, 0.1) is 7.11 Å². The topological polar surface area (TPSA) is 38.5 Å². The van der Waals surface area contributed by atoms with Gasteiger partial charge in [-0.15, -0.1) is 0 Å². The van der Waals surface area contributed by atoms with E-state index in [2.05, 4.69) is 30.0 Å². The lowest BCUT2D eigenvalue weighted by Gasteiger charge is -2.36. The summed E-state index contributed by atoms with van der Waals surface area (Å²) in [7, 11) is 1.75. The molecule has 2 rings (SSSR count). The zero-order valence-electron chi connectivity index (χ0n) is 13.8. The van der Waals surface area contributed by atoms with E-state index in [9.17, 15) is 0 Å². The monoisotopic (exact) mass is 290 g/mol. The Balaban J connectivity index is 2.17. The van der Waals surface area contributed by atoms with E-state index < -0.39 is 0 Å². The van der Waals surface area contributed by atoms with Crippen molar-refractivity contribution in [3.05, 3.63) is 29.3 Å². The molecule has 0 aromatic heterocycles. The third-order valence-corrected chi connectivity index (χ3v) is 4.57. The summed E-state index contributed by atoms with van der Waals surface area (Å²) in [5.74, 6) is 0.986. The Kier molecular flexibility index (Phi) is 6.07. The van der Waals surface area contributed by atoms with Crippen molar-refractivity contribution in [1.82, 2.24) is 4.90 Å². The van der Waals surface area contributed by atoms with Crippen LogP contribution < -0.4 is 10.5 Å². The molecule has 1 aromatic rings. The van der Waals surface area contributed by atoms with Gasteiger partial charge in [-0.25, -0.2) is 0 Å². The van der Waals surface area contributed by atoms with E-state index in [-0.39, 0.29) is 6.04 Å². The van der Waals surface area contributed by atoms with E-state index in [0.717, 1.165) is 18.3 Å². The maximum Gasteiger partial charge on any atom is 0.123 e. The van der Waals surface area contributed by atoms with Crippen LogP contribution in [0.15, 0.2) is 18.2 Å². The number of rotatable bonds is 6. The summed E-state index contributed by atoms with van der Waals surface area (Å²) in [6.07, 6.45) is 6.59. The van der Waals surface area contributed by atoms with Crippen LogP contribution in [0.4, 0.5) is 0 Å². The van der Waals surface area contributed by atoms with Crippen LogP contribution in [0, 0.1) is 0 Å². The number of methoxy groups -OCH3 is 1. The smallest absolute Gasteiger partial charge is 0.123 e. The Bertz CT molecular complexity index is 443. The number of nitrogens with zero attached hydrogens (tertiary/aromatic N) is 1. The largest absolute Gasteiger partial charge is 0.496 e. The molecule has 0 saturated carbocycles. The van der Waals surface area contributed by atoms with Gasteiger partial charge in [-0.05, 0) is 50.4 Å². The number of hydrogen-bond donors (Lipinski definition) is 1. The molecule has 0 radical (unpaired) electrons. The standard InChI is InChI=1S/C18H30N2O/c1-4-7-17-8-5-6-11-20(17)13-16-12-15(14(2)19)9-10-18(16)21-3/h9-10,12,14,17H,4-8,11,13,19H2,1-3H3. The summed E-state index contributed by atoms with van der Waals surface area (Å²) in [6.45, 7) is 6.50. The lowest BCUT2D eigenvalue weighted by atomic mass is 9.96. The molecule has 3 nitrogen and oxygen atoms in total. The summed E-state index contributed by atoms with van der Waals surface area (Å²) in [4.78, 5) is 2.63. The number of piperidine rings is 1. The summed E-state index contributed by atoms with van der Waals surface area (Å²) in [5.41, 5.74) is 8.49. The van der Waals surface area contributed by atoms with Crippen molar-refractivity contribution in [3.63, 3.8) is 0 Å². The molecule has 1 fully saturated rings. The van der Waals surface area contributed by atoms with Gasteiger partial charge >= 0.3 is 0 Å². The van der Waals surface area contributed by atoms with Crippen LogP contribution in [-0.4, -0.2) is 24.6 Å². The minimum absolute atomic E-state index is 0.0717. The van der Waals surface area contributed by atoms with E-state index in [1.165, 1.54) is 49.8 Å². The average molecular weight is 290 g/mol. The van der Waals surface area contributed by atoms with E-state index in [0.29, 0.717) is 0 Å². The highest BCUT2D eigenvalue weighted by atomic mass is 16.5. The summed E-state index contributed by atoms with van der Waals surface area (Å²) >= 11 is 0. The van der Waals surface area contributed by atoms with Crippen molar-refractivity contribution in [2.24, 2.45) is 5.73 Å². The third-order valence-electron chi connectivity index (χ3n) is 4.57. The van der Waals surface area contributed by atoms with Crippen molar-refractivity contribution in [1.29, 1.82) is 0 Å². The van der Waals surface area contributed by atoms with Crippen LogP contribution in [-0.2, 0) is 6.54 Å². The minimum atomic E-state index is 0.0717. The predicted molar refractivity (Wildman–Crippen MR) is 88.6 cm³/mol. The number of nitrogens with two attached hydrogens (primary N) is 1. The highest BCUT2D eigenvalue weighted by Gasteiger charge is 2.22. The molecule has 0 bridgehead atoms. The minimum Gasteiger partial charge on any atom is -0.496 e. The van der Waals surface area contributed by atoms with E-state index >= 15 is 0 Å². The fourth-order valence-corrected chi connectivity index (χ4v) is 3.35. The normalized spacial score (nSPS) is 21.2. The van der Waals surface area contributed by atoms with Crippen molar-refractivity contribution >= 4 is 0 Å². The van der Waals surface area contributed by atoms with Crippen molar-refractivity contribution in [2.45, 2.75) is 64.6 Å². The predicted octanol–water partition coefficient (Wildman–Crippen LogP) is 3.87. The molecule has 21 heavy (non-hydrogen) atoms. The Hall–Kier alpha value is -1.06. The van der Waals surface area contributed by atoms with Crippen LogP contribution in [0.1, 0.15) is 63.1 Å². The molecule has 1 aliphatic heterocycles. The Morgan fingerprint density at radius 2 is 2.19 bits per heavy atom. The van der Waals surface area contributed by atoms with Crippen molar-refractivity contribution in [2.75, 3.05) is 13.7 Å². The van der Waals surface area contributed by atoms with Crippen LogP contribution in [0.25, 0.3) is 0 Å². The summed E-state index contributed by atoms with van der Waals surface area (Å²) in [5, 5.41) is 0. The first-order chi connectivity index (χ1) is 10.2. The van der Waals surface area contributed by atoms with Gasteiger partial charge in [-0.1, -0.05) is 25.8 Å². The van der Waals surface area contributed by atoms with Gasteiger partial charge in [-0.2, -0.15) is 0 Å². The summed E-state index contributed by atoms with van der Waals surface area (Å²) < 4.78 is 5.55. The van der Waals surface area contributed by atoms with Crippen LogP contribution in [0.2, 0.25) is 0 Å². The molecular formula is C18H30N2O. The first kappa shape index (κ1) is 16.3. The van der Waals surface area contributed by atoms with Crippen LogP contribution >= 0.6 is 0 Å². The maximum atomic E-state index is 6.03. The van der Waals surface area contributed by atoms with Gasteiger partial charge in [0, 0.05) is 24.2 Å². The Morgan fingerprint density at radius 3 is 2.86 bits per heavy atom. The first-order valence-electron chi connectivity index (χ1n) is 8.32. The van der Waals surface area contributed by atoms with Gasteiger partial charge < -0.3 is 10.5 Å². The van der Waals surface area contributed by atoms with Gasteiger partial charge in [0.2, 0.25) is 0 Å². The van der Waals surface area contributed by atoms with Gasteiger partial charge in [0.15, 0.2) is 0 Å². The van der Waals surface area contributed by atoms with Crippen molar-refractivity contribution in [3.8, 4) is 5.75 Å². The highest BCUT2D eigenvalue weighted by molar-refractivity contribution is 5.38. The fraction of sp³-hybridized carbons (Fsp3) is 0.667. The van der Waals surface area contributed by atoms with E-state index in [1.807, 2.05) is 6.92 Å². The molecular weight excluding hydrogens is 260 g/mol. The van der Waals surface area contributed by atoms with Gasteiger partial charge in [-0.3, -0.25) is 4.90 Å². The summed E-state index contributed by atoms with van der Waals surface area (Å²) in [6, 6.07) is 7.16. The Morgan fingerprint density at radius 1 is 1.38 bits per heavy atom. The van der Waals surface area contributed by atoms with E-state index in [4.69, 9.17) is 10.5 Å². The van der Waals surface area contributed by atoms with E-state index in [1.54, 1.807) is 7.11 Å². The third kappa shape index (κ3) is 4.21. The number of ether oxygens (including phenoxy) is 1. The molecule has 118 valence electrons. The van der Waals surface area contributed by atoms with Crippen LogP contribution in [0.5, 0.6) is 5.75 Å². The second kappa shape index (κ2) is 7.81. The number of likely N-dealkylation sites (tertiary alicyclic amines) is 1. The molecule has 2 unspecified atom stereocenters. The maximum absolute atomic E-state index is 6.03. The van der Waals surface area contributed by atoms with Gasteiger partial charge in [0.1, 0.15) is 5.75 Å². The molecule has 0 spiro atoms. The molecule has 0 aliphatic carbocycles. The second-order valence-electron chi connectivity index (χ2n) is 6.27.